The fourth-order valence-corrected chi connectivity index (χ4v) is 2.69. The van der Waals surface area contributed by atoms with Crippen LogP contribution in [0.2, 0.25) is 0 Å². The summed E-state index contributed by atoms with van der Waals surface area (Å²) in [5, 5.41) is 5.79. The lowest BCUT2D eigenvalue weighted by Gasteiger charge is -2.13. The van der Waals surface area contributed by atoms with Gasteiger partial charge in [-0.25, -0.2) is 0 Å². The van der Waals surface area contributed by atoms with Crippen LogP contribution >= 0.6 is 11.3 Å². The number of unbranched alkanes of at least 4 members (excludes halogenated alkanes) is 3. The predicted octanol–water partition coefficient (Wildman–Crippen LogP) is 4.51. The van der Waals surface area contributed by atoms with Gasteiger partial charge in [-0.3, -0.25) is 0 Å². The van der Waals surface area contributed by atoms with E-state index in [9.17, 15) is 0 Å². The first-order valence-electron chi connectivity index (χ1n) is 6.50. The van der Waals surface area contributed by atoms with Gasteiger partial charge in [-0.1, -0.05) is 32.6 Å². The SMILES string of the molecule is CCCCCCC(C)NCc1sccc1C. The molecule has 1 rings (SSSR count). The molecule has 0 bridgehead atoms. The van der Waals surface area contributed by atoms with Crippen molar-refractivity contribution in [3.05, 3.63) is 21.9 Å². The molecule has 16 heavy (non-hydrogen) atoms. The number of hydrogen-bond acceptors (Lipinski definition) is 2. The molecule has 0 aliphatic rings. The minimum absolute atomic E-state index is 0.651. The van der Waals surface area contributed by atoms with Crippen LogP contribution in [0.3, 0.4) is 0 Å². The molecule has 1 heterocycles. The van der Waals surface area contributed by atoms with Crippen LogP contribution in [0, 0.1) is 6.92 Å². The van der Waals surface area contributed by atoms with E-state index in [1.165, 1.54) is 42.5 Å². The van der Waals surface area contributed by atoms with Crippen molar-refractivity contribution in [2.75, 3.05) is 0 Å². The van der Waals surface area contributed by atoms with Crippen LogP contribution in [0.4, 0.5) is 0 Å². The Morgan fingerprint density at radius 3 is 2.75 bits per heavy atom. The average Bonchev–Trinajstić information content (AvgIpc) is 2.67. The van der Waals surface area contributed by atoms with Gasteiger partial charge >= 0.3 is 0 Å². The van der Waals surface area contributed by atoms with Crippen LogP contribution in [0.15, 0.2) is 11.4 Å². The molecule has 0 aromatic carbocycles. The standard InChI is InChI=1S/C14H25NS/c1-4-5-6-7-8-13(3)15-11-14-12(2)9-10-16-14/h9-10,13,15H,4-8,11H2,1-3H3. The van der Waals surface area contributed by atoms with E-state index in [2.05, 4.69) is 37.5 Å². The molecule has 1 unspecified atom stereocenters. The van der Waals surface area contributed by atoms with Crippen LogP contribution in [0.5, 0.6) is 0 Å². The van der Waals surface area contributed by atoms with Crippen molar-refractivity contribution < 1.29 is 0 Å². The molecule has 0 radical (unpaired) electrons. The van der Waals surface area contributed by atoms with Gasteiger partial charge < -0.3 is 5.32 Å². The first kappa shape index (κ1) is 13.7. The molecule has 0 aliphatic carbocycles. The van der Waals surface area contributed by atoms with E-state index in [0.717, 1.165) is 6.54 Å². The second-order valence-corrected chi connectivity index (χ2v) is 5.66. The number of rotatable bonds is 8. The summed E-state index contributed by atoms with van der Waals surface area (Å²) in [5.74, 6) is 0. The number of hydrogen-bond donors (Lipinski definition) is 1. The molecule has 0 fully saturated rings. The highest BCUT2D eigenvalue weighted by Crippen LogP contribution is 2.15. The van der Waals surface area contributed by atoms with Gasteiger partial charge in [-0.2, -0.15) is 0 Å². The van der Waals surface area contributed by atoms with Crippen LogP contribution in [0.25, 0.3) is 0 Å². The Morgan fingerprint density at radius 1 is 1.31 bits per heavy atom. The van der Waals surface area contributed by atoms with E-state index in [1.807, 2.05) is 11.3 Å². The average molecular weight is 239 g/mol. The van der Waals surface area contributed by atoms with Crippen molar-refractivity contribution >= 4 is 11.3 Å². The van der Waals surface area contributed by atoms with E-state index in [0.29, 0.717) is 6.04 Å². The summed E-state index contributed by atoms with van der Waals surface area (Å²) in [6.45, 7) is 7.80. The van der Waals surface area contributed by atoms with Gasteiger partial charge in [0, 0.05) is 17.5 Å². The van der Waals surface area contributed by atoms with Gasteiger partial charge in [0.15, 0.2) is 0 Å². The summed E-state index contributed by atoms with van der Waals surface area (Å²) in [4.78, 5) is 1.49. The highest BCUT2D eigenvalue weighted by Gasteiger charge is 2.03. The topological polar surface area (TPSA) is 12.0 Å². The molecule has 1 N–H and O–H groups in total. The third-order valence-electron chi connectivity index (χ3n) is 3.07. The van der Waals surface area contributed by atoms with E-state index < -0.39 is 0 Å². The lowest BCUT2D eigenvalue weighted by molar-refractivity contribution is 0.484. The van der Waals surface area contributed by atoms with Crippen molar-refractivity contribution in [2.24, 2.45) is 0 Å². The third kappa shape index (κ3) is 5.13. The lowest BCUT2D eigenvalue weighted by Crippen LogP contribution is -2.25. The van der Waals surface area contributed by atoms with Gasteiger partial charge in [0.25, 0.3) is 0 Å². The summed E-state index contributed by atoms with van der Waals surface area (Å²) in [7, 11) is 0. The maximum atomic E-state index is 3.61. The Bertz CT molecular complexity index is 280. The summed E-state index contributed by atoms with van der Waals surface area (Å²) in [5.41, 5.74) is 1.43. The first-order chi connectivity index (χ1) is 7.74. The summed E-state index contributed by atoms with van der Waals surface area (Å²) >= 11 is 1.86. The van der Waals surface area contributed by atoms with Crippen molar-refractivity contribution in [1.82, 2.24) is 5.32 Å². The highest BCUT2D eigenvalue weighted by atomic mass is 32.1. The second-order valence-electron chi connectivity index (χ2n) is 4.66. The predicted molar refractivity (Wildman–Crippen MR) is 74.1 cm³/mol. The molecular formula is C14H25NS. The molecule has 2 heteroatoms. The van der Waals surface area contributed by atoms with Gasteiger partial charge in [0.1, 0.15) is 0 Å². The summed E-state index contributed by atoms with van der Waals surface area (Å²) in [6, 6.07) is 2.85. The molecule has 1 atom stereocenters. The monoisotopic (exact) mass is 239 g/mol. The van der Waals surface area contributed by atoms with Crippen molar-refractivity contribution in [3.63, 3.8) is 0 Å². The molecule has 0 spiro atoms. The van der Waals surface area contributed by atoms with E-state index in [1.54, 1.807) is 0 Å². The molecule has 1 aromatic heterocycles. The van der Waals surface area contributed by atoms with Gasteiger partial charge in [0.2, 0.25) is 0 Å². The first-order valence-corrected chi connectivity index (χ1v) is 7.38. The van der Waals surface area contributed by atoms with E-state index in [-0.39, 0.29) is 0 Å². The highest BCUT2D eigenvalue weighted by molar-refractivity contribution is 7.10. The number of thiophene rings is 1. The van der Waals surface area contributed by atoms with E-state index >= 15 is 0 Å². The quantitative estimate of drug-likeness (QED) is 0.658. The second kappa shape index (κ2) is 7.86. The van der Waals surface area contributed by atoms with Gasteiger partial charge in [-0.05, 0) is 37.3 Å². The molecule has 0 aliphatic heterocycles. The van der Waals surface area contributed by atoms with Gasteiger partial charge in [0.05, 0.1) is 0 Å². The Balaban J connectivity index is 2.10. The smallest absolute Gasteiger partial charge is 0.0304 e. The van der Waals surface area contributed by atoms with Gasteiger partial charge in [-0.15, -0.1) is 11.3 Å². The van der Waals surface area contributed by atoms with Crippen LogP contribution < -0.4 is 5.32 Å². The zero-order valence-corrected chi connectivity index (χ0v) is 11.7. The molecule has 1 aromatic rings. The molecule has 92 valence electrons. The number of nitrogens with one attached hydrogen (secondary N) is 1. The minimum atomic E-state index is 0.651. The Kier molecular flexibility index (Phi) is 6.74. The lowest BCUT2D eigenvalue weighted by atomic mass is 10.1. The van der Waals surface area contributed by atoms with Crippen molar-refractivity contribution in [1.29, 1.82) is 0 Å². The van der Waals surface area contributed by atoms with Crippen LogP contribution in [-0.4, -0.2) is 6.04 Å². The molecule has 1 nitrogen and oxygen atoms in total. The molecule has 0 saturated heterocycles. The normalized spacial score (nSPS) is 12.9. The maximum absolute atomic E-state index is 3.61. The zero-order chi connectivity index (χ0) is 11.8. The Morgan fingerprint density at radius 2 is 2.12 bits per heavy atom. The van der Waals surface area contributed by atoms with E-state index in [4.69, 9.17) is 0 Å². The fraction of sp³-hybridized carbons (Fsp3) is 0.714. The zero-order valence-electron chi connectivity index (χ0n) is 10.9. The third-order valence-corrected chi connectivity index (χ3v) is 4.09. The summed E-state index contributed by atoms with van der Waals surface area (Å²) in [6.07, 6.45) is 6.78. The minimum Gasteiger partial charge on any atom is -0.309 e. The summed E-state index contributed by atoms with van der Waals surface area (Å²) < 4.78 is 0. The fourth-order valence-electron chi connectivity index (χ4n) is 1.83. The largest absolute Gasteiger partial charge is 0.309 e. The Hall–Kier alpha value is -0.340. The molecule has 0 amide bonds. The van der Waals surface area contributed by atoms with Crippen LogP contribution in [-0.2, 0) is 6.54 Å². The van der Waals surface area contributed by atoms with Crippen molar-refractivity contribution in [2.45, 2.75) is 65.5 Å². The maximum Gasteiger partial charge on any atom is 0.0304 e. The number of aryl methyl sites for hydroxylation is 1. The molecule has 0 saturated carbocycles. The Labute approximate surface area is 104 Å². The van der Waals surface area contributed by atoms with Crippen LogP contribution in [0.1, 0.15) is 56.4 Å². The molecular weight excluding hydrogens is 214 g/mol. The van der Waals surface area contributed by atoms with Crippen molar-refractivity contribution in [3.8, 4) is 0 Å².